The third kappa shape index (κ3) is 4.62. The lowest BCUT2D eigenvalue weighted by molar-refractivity contribution is 0.283. The van der Waals surface area contributed by atoms with E-state index in [-0.39, 0.29) is 12.4 Å². The Morgan fingerprint density at radius 2 is 2.07 bits per heavy atom. The van der Waals surface area contributed by atoms with Gasteiger partial charge in [0.15, 0.2) is 0 Å². The van der Waals surface area contributed by atoms with Gasteiger partial charge in [-0.3, -0.25) is 0 Å². The average molecular weight is 276 g/mol. The third-order valence-corrected chi connectivity index (χ3v) is 2.69. The van der Waals surface area contributed by atoms with Gasteiger partial charge in [-0.05, 0) is 53.4 Å². The molecule has 0 unspecified atom stereocenters. The number of hydrogen-bond donors (Lipinski definition) is 2. The number of unbranched alkanes of at least 4 members (excludes halogenated alkanes) is 2. The van der Waals surface area contributed by atoms with Gasteiger partial charge in [-0.25, -0.2) is 4.39 Å². The van der Waals surface area contributed by atoms with Crippen molar-refractivity contribution < 1.29 is 9.50 Å². The first kappa shape index (κ1) is 12.5. The van der Waals surface area contributed by atoms with Crippen molar-refractivity contribution in [3.63, 3.8) is 0 Å². The van der Waals surface area contributed by atoms with Crippen molar-refractivity contribution >= 4 is 21.6 Å². The molecule has 0 aliphatic carbocycles. The largest absolute Gasteiger partial charge is 0.396 e. The third-order valence-electron chi connectivity index (χ3n) is 2.08. The molecule has 15 heavy (non-hydrogen) atoms. The molecule has 0 spiro atoms. The lowest BCUT2D eigenvalue weighted by Gasteiger charge is -2.06. The minimum Gasteiger partial charge on any atom is -0.396 e. The highest BCUT2D eigenvalue weighted by Crippen LogP contribution is 2.19. The second-order valence-corrected chi connectivity index (χ2v) is 4.19. The summed E-state index contributed by atoms with van der Waals surface area (Å²) in [6.07, 6.45) is 2.86. The summed E-state index contributed by atoms with van der Waals surface area (Å²) in [7, 11) is 0. The fraction of sp³-hybridized carbons (Fsp3) is 0.455. The molecule has 0 fully saturated rings. The fourth-order valence-electron chi connectivity index (χ4n) is 1.25. The lowest BCUT2D eigenvalue weighted by atomic mass is 10.2. The lowest BCUT2D eigenvalue weighted by Crippen LogP contribution is -2.01. The van der Waals surface area contributed by atoms with Crippen LogP contribution in [0, 0.1) is 5.82 Å². The van der Waals surface area contributed by atoms with Crippen LogP contribution in [0.25, 0.3) is 0 Å². The van der Waals surface area contributed by atoms with E-state index in [0.29, 0.717) is 4.47 Å². The van der Waals surface area contributed by atoms with Crippen LogP contribution in [0.3, 0.4) is 0 Å². The zero-order valence-electron chi connectivity index (χ0n) is 8.47. The van der Waals surface area contributed by atoms with Gasteiger partial charge in [-0.15, -0.1) is 0 Å². The molecule has 1 aromatic rings. The highest BCUT2D eigenvalue weighted by Gasteiger charge is 1.99. The van der Waals surface area contributed by atoms with E-state index in [1.54, 1.807) is 12.1 Å². The Hall–Kier alpha value is -0.610. The maximum absolute atomic E-state index is 12.9. The van der Waals surface area contributed by atoms with Gasteiger partial charge in [-0.2, -0.15) is 0 Å². The molecule has 0 saturated carbocycles. The van der Waals surface area contributed by atoms with Crippen LogP contribution >= 0.6 is 15.9 Å². The first-order valence-electron chi connectivity index (χ1n) is 5.04. The zero-order chi connectivity index (χ0) is 11.1. The summed E-state index contributed by atoms with van der Waals surface area (Å²) in [4.78, 5) is 0. The Bertz CT molecular complexity index is 307. The second kappa shape index (κ2) is 6.80. The van der Waals surface area contributed by atoms with E-state index in [4.69, 9.17) is 5.11 Å². The van der Waals surface area contributed by atoms with Gasteiger partial charge < -0.3 is 10.4 Å². The first-order chi connectivity index (χ1) is 7.24. The molecule has 0 aliphatic rings. The molecule has 0 aliphatic heterocycles. The van der Waals surface area contributed by atoms with Crippen molar-refractivity contribution in [1.29, 1.82) is 0 Å². The predicted octanol–water partition coefficient (Wildman–Crippen LogP) is 3.16. The van der Waals surface area contributed by atoms with Crippen LogP contribution in [0.4, 0.5) is 10.1 Å². The summed E-state index contributed by atoms with van der Waals surface area (Å²) in [5, 5.41) is 11.8. The fourth-order valence-corrected chi connectivity index (χ4v) is 1.63. The van der Waals surface area contributed by atoms with Gasteiger partial charge in [-0.1, -0.05) is 0 Å². The smallest absolute Gasteiger partial charge is 0.137 e. The van der Waals surface area contributed by atoms with Crippen LogP contribution in [0.15, 0.2) is 22.7 Å². The van der Waals surface area contributed by atoms with E-state index in [1.165, 1.54) is 6.07 Å². The Morgan fingerprint density at radius 1 is 1.27 bits per heavy atom. The molecule has 0 radical (unpaired) electrons. The molecule has 1 aromatic carbocycles. The van der Waals surface area contributed by atoms with Gasteiger partial charge in [0.2, 0.25) is 0 Å². The Labute approximate surface area is 97.6 Å². The maximum atomic E-state index is 12.9. The molecule has 2 nitrogen and oxygen atoms in total. The van der Waals surface area contributed by atoms with Crippen LogP contribution < -0.4 is 5.32 Å². The highest BCUT2D eigenvalue weighted by molar-refractivity contribution is 9.10. The second-order valence-electron chi connectivity index (χ2n) is 3.34. The van der Waals surface area contributed by atoms with E-state index in [1.807, 2.05) is 0 Å². The molecule has 0 aromatic heterocycles. The van der Waals surface area contributed by atoms with Crippen molar-refractivity contribution in [3.8, 4) is 0 Å². The molecule has 1 rings (SSSR count). The van der Waals surface area contributed by atoms with Gasteiger partial charge >= 0.3 is 0 Å². The summed E-state index contributed by atoms with van der Waals surface area (Å²) in [6, 6.07) is 4.87. The predicted molar refractivity (Wildman–Crippen MR) is 63.5 cm³/mol. The van der Waals surface area contributed by atoms with Crippen LogP contribution in [0.2, 0.25) is 0 Å². The molecular weight excluding hydrogens is 261 g/mol. The molecule has 2 N–H and O–H groups in total. The summed E-state index contributed by atoms with van der Waals surface area (Å²) in [6.45, 7) is 1.10. The van der Waals surface area contributed by atoms with Crippen molar-refractivity contribution in [3.05, 3.63) is 28.5 Å². The highest BCUT2D eigenvalue weighted by atomic mass is 79.9. The molecule has 0 bridgehead atoms. The van der Waals surface area contributed by atoms with Gasteiger partial charge in [0.25, 0.3) is 0 Å². The minimum atomic E-state index is -0.249. The Kier molecular flexibility index (Phi) is 5.65. The molecule has 4 heteroatoms. The summed E-state index contributed by atoms with van der Waals surface area (Å²) in [5.74, 6) is -0.249. The quantitative estimate of drug-likeness (QED) is 0.782. The minimum absolute atomic E-state index is 0.249. The van der Waals surface area contributed by atoms with E-state index in [2.05, 4.69) is 21.2 Å². The van der Waals surface area contributed by atoms with Crippen molar-refractivity contribution in [1.82, 2.24) is 0 Å². The van der Waals surface area contributed by atoms with Crippen molar-refractivity contribution in [2.45, 2.75) is 19.3 Å². The van der Waals surface area contributed by atoms with Gasteiger partial charge in [0, 0.05) is 18.8 Å². The normalized spacial score (nSPS) is 10.3. The van der Waals surface area contributed by atoms with E-state index in [0.717, 1.165) is 31.5 Å². The number of benzene rings is 1. The SMILES string of the molecule is OCCCCCNc1ccc(F)c(Br)c1. The van der Waals surface area contributed by atoms with Crippen LogP contribution in [-0.2, 0) is 0 Å². The number of aliphatic hydroxyl groups is 1. The maximum Gasteiger partial charge on any atom is 0.137 e. The summed E-state index contributed by atoms with van der Waals surface area (Å²) >= 11 is 3.13. The Balaban J connectivity index is 2.28. The van der Waals surface area contributed by atoms with Crippen LogP contribution in [0.5, 0.6) is 0 Å². The molecule has 0 atom stereocenters. The monoisotopic (exact) mass is 275 g/mol. The van der Waals surface area contributed by atoms with E-state index >= 15 is 0 Å². The van der Waals surface area contributed by atoms with E-state index < -0.39 is 0 Å². The summed E-state index contributed by atoms with van der Waals surface area (Å²) < 4.78 is 13.4. The summed E-state index contributed by atoms with van der Waals surface area (Å²) in [5.41, 5.74) is 0.910. The number of aliphatic hydroxyl groups excluding tert-OH is 1. The van der Waals surface area contributed by atoms with Crippen LogP contribution in [0.1, 0.15) is 19.3 Å². The number of nitrogens with one attached hydrogen (secondary N) is 1. The molecular formula is C11H15BrFNO. The standard InChI is InChI=1S/C11H15BrFNO/c12-10-8-9(4-5-11(10)13)14-6-2-1-3-7-15/h4-5,8,14-15H,1-3,6-7H2. The molecule has 84 valence electrons. The van der Waals surface area contributed by atoms with Crippen LogP contribution in [-0.4, -0.2) is 18.3 Å². The average Bonchev–Trinajstić information content (AvgIpc) is 2.23. The van der Waals surface area contributed by atoms with Gasteiger partial charge in [0.1, 0.15) is 5.82 Å². The van der Waals surface area contributed by atoms with Gasteiger partial charge in [0.05, 0.1) is 4.47 Å². The first-order valence-corrected chi connectivity index (χ1v) is 5.83. The molecule has 0 saturated heterocycles. The van der Waals surface area contributed by atoms with Crippen molar-refractivity contribution in [2.24, 2.45) is 0 Å². The zero-order valence-corrected chi connectivity index (χ0v) is 10.1. The van der Waals surface area contributed by atoms with E-state index in [9.17, 15) is 4.39 Å². The van der Waals surface area contributed by atoms with Crippen molar-refractivity contribution in [2.75, 3.05) is 18.5 Å². The number of anilines is 1. The number of rotatable bonds is 6. The number of halogens is 2. The molecule has 0 heterocycles. The number of hydrogen-bond acceptors (Lipinski definition) is 2. The molecule has 0 amide bonds. The topological polar surface area (TPSA) is 32.3 Å². The Morgan fingerprint density at radius 3 is 2.73 bits per heavy atom.